The number of amides is 1. The molecule has 1 aliphatic heterocycles. The van der Waals surface area contributed by atoms with Gasteiger partial charge in [0.15, 0.2) is 6.61 Å². The van der Waals surface area contributed by atoms with E-state index in [1.54, 1.807) is 11.8 Å². The molecule has 1 fully saturated rings. The first-order valence-electron chi connectivity index (χ1n) is 7.74. The predicted molar refractivity (Wildman–Crippen MR) is 81.6 cm³/mol. The van der Waals surface area contributed by atoms with Gasteiger partial charge in [0, 0.05) is 32.7 Å². The number of alkyl halides is 3. The maximum absolute atomic E-state index is 12.5. The van der Waals surface area contributed by atoms with E-state index in [0.29, 0.717) is 32.7 Å². The number of hydrogen-bond acceptors (Lipinski definition) is 4. The molecule has 5 nitrogen and oxygen atoms in total. The third-order valence-electron chi connectivity index (χ3n) is 3.79. The quantitative estimate of drug-likeness (QED) is 0.880. The molecule has 1 heterocycles. The van der Waals surface area contributed by atoms with E-state index >= 15 is 0 Å². The summed E-state index contributed by atoms with van der Waals surface area (Å²) in [6.45, 7) is 4.53. The van der Waals surface area contributed by atoms with Gasteiger partial charge in [-0.3, -0.25) is 9.69 Å². The van der Waals surface area contributed by atoms with Gasteiger partial charge in [-0.1, -0.05) is 0 Å². The fourth-order valence-corrected chi connectivity index (χ4v) is 2.53. The Bertz CT molecular complexity index is 538. The fraction of sp³-hybridized carbons (Fsp3) is 0.562. The van der Waals surface area contributed by atoms with Crippen molar-refractivity contribution in [1.29, 1.82) is 0 Å². The molecule has 1 amide bonds. The van der Waals surface area contributed by atoms with Crippen LogP contribution >= 0.6 is 0 Å². The van der Waals surface area contributed by atoms with Crippen molar-refractivity contribution in [3.05, 3.63) is 29.8 Å². The number of nitrogens with zero attached hydrogens (tertiary/aromatic N) is 2. The molecule has 0 spiro atoms. The summed E-state index contributed by atoms with van der Waals surface area (Å²) in [6, 6.07) is 4.26. The van der Waals surface area contributed by atoms with Gasteiger partial charge in [0.05, 0.1) is 11.7 Å². The third kappa shape index (κ3) is 5.38. The summed E-state index contributed by atoms with van der Waals surface area (Å²) in [4.78, 5) is 15.8. The number of β-amino-alcohol motifs (C(OH)–C–C–N with tert-alkyl or cyclic N) is 1. The molecule has 1 atom stereocenters. The minimum absolute atomic E-state index is 0.202. The van der Waals surface area contributed by atoms with E-state index < -0.39 is 17.8 Å². The van der Waals surface area contributed by atoms with Crippen LogP contribution in [0.3, 0.4) is 0 Å². The summed E-state index contributed by atoms with van der Waals surface area (Å²) in [7, 11) is 0. The third-order valence-corrected chi connectivity index (χ3v) is 3.79. The Balaban J connectivity index is 1.77. The van der Waals surface area contributed by atoms with E-state index in [9.17, 15) is 23.1 Å². The van der Waals surface area contributed by atoms with Crippen LogP contribution in [-0.2, 0) is 11.0 Å². The van der Waals surface area contributed by atoms with Crippen LogP contribution < -0.4 is 4.74 Å². The lowest BCUT2D eigenvalue weighted by molar-refractivity contribution is -0.138. The number of hydrogen-bond donors (Lipinski definition) is 1. The van der Waals surface area contributed by atoms with Crippen molar-refractivity contribution < 1.29 is 27.8 Å². The Hall–Kier alpha value is -1.80. The zero-order chi connectivity index (χ0) is 17.7. The molecule has 8 heteroatoms. The van der Waals surface area contributed by atoms with Crippen LogP contribution in [0.4, 0.5) is 13.2 Å². The highest BCUT2D eigenvalue weighted by Gasteiger charge is 2.30. The van der Waals surface area contributed by atoms with Crippen LogP contribution in [0.1, 0.15) is 12.5 Å². The van der Waals surface area contributed by atoms with E-state index in [0.717, 1.165) is 12.1 Å². The summed E-state index contributed by atoms with van der Waals surface area (Å²) in [5, 5.41) is 9.35. The van der Waals surface area contributed by atoms with Crippen molar-refractivity contribution >= 4 is 5.91 Å². The molecule has 0 bridgehead atoms. The van der Waals surface area contributed by atoms with Gasteiger partial charge >= 0.3 is 6.18 Å². The first-order chi connectivity index (χ1) is 11.3. The number of carbonyl (C=O) groups excluding carboxylic acids is 1. The number of piperazine rings is 1. The standard InChI is InChI=1S/C16H21F3N2O3/c1-12(22)10-20-6-8-21(9-7-20)15(23)11-24-14-4-2-13(3-5-14)16(17,18)19/h2-5,12,22H,6-11H2,1H3/t12-/m1/s1. The average molecular weight is 346 g/mol. The first-order valence-corrected chi connectivity index (χ1v) is 7.74. The monoisotopic (exact) mass is 346 g/mol. The normalized spacial score (nSPS) is 17.6. The van der Waals surface area contributed by atoms with Crippen LogP contribution in [-0.4, -0.2) is 66.2 Å². The number of benzene rings is 1. The number of aliphatic hydroxyl groups is 1. The Morgan fingerprint density at radius 2 is 1.79 bits per heavy atom. The largest absolute Gasteiger partial charge is 0.484 e. The molecule has 2 rings (SSSR count). The maximum Gasteiger partial charge on any atom is 0.416 e. The number of carbonyl (C=O) groups is 1. The molecule has 0 aliphatic carbocycles. The molecular weight excluding hydrogens is 325 g/mol. The van der Waals surface area contributed by atoms with Crippen LogP contribution in [0.5, 0.6) is 5.75 Å². The molecule has 1 N–H and O–H groups in total. The van der Waals surface area contributed by atoms with Crippen molar-refractivity contribution in [2.75, 3.05) is 39.3 Å². The highest BCUT2D eigenvalue weighted by Crippen LogP contribution is 2.30. The second-order valence-corrected chi connectivity index (χ2v) is 5.84. The predicted octanol–water partition coefficient (Wildman–Crippen LogP) is 1.61. The molecule has 1 aromatic carbocycles. The molecule has 24 heavy (non-hydrogen) atoms. The van der Waals surface area contributed by atoms with Crippen molar-refractivity contribution in [1.82, 2.24) is 9.80 Å². The highest BCUT2D eigenvalue weighted by molar-refractivity contribution is 5.77. The summed E-state index contributed by atoms with van der Waals surface area (Å²) < 4.78 is 42.7. The first kappa shape index (κ1) is 18.5. The summed E-state index contributed by atoms with van der Waals surface area (Å²) in [6.07, 6.45) is -4.80. The van der Waals surface area contributed by atoms with E-state index in [2.05, 4.69) is 4.90 Å². The Morgan fingerprint density at radius 3 is 2.29 bits per heavy atom. The minimum Gasteiger partial charge on any atom is -0.484 e. The number of aliphatic hydroxyl groups excluding tert-OH is 1. The molecule has 0 radical (unpaired) electrons. The van der Waals surface area contributed by atoms with Gasteiger partial charge in [-0.2, -0.15) is 13.2 Å². The van der Waals surface area contributed by atoms with E-state index in [-0.39, 0.29) is 18.3 Å². The van der Waals surface area contributed by atoms with Crippen LogP contribution in [0.2, 0.25) is 0 Å². The summed E-state index contributed by atoms with van der Waals surface area (Å²) in [5.74, 6) is 0.0238. The van der Waals surface area contributed by atoms with Crippen LogP contribution in [0.25, 0.3) is 0 Å². The van der Waals surface area contributed by atoms with E-state index in [1.165, 1.54) is 12.1 Å². The van der Waals surface area contributed by atoms with Gasteiger partial charge < -0.3 is 14.7 Å². The van der Waals surface area contributed by atoms with Crippen molar-refractivity contribution in [2.45, 2.75) is 19.2 Å². The SMILES string of the molecule is C[C@@H](O)CN1CCN(C(=O)COc2ccc(C(F)(F)F)cc2)CC1. The maximum atomic E-state index is 12.5. The average Bonchev–Trinajstić information content (AvgIpc) is 2.52. The van der Waals surface area contributed by atoms with E-state index in [4.69, 9.17) is 4.74 Å². The lowest BCUT2D eigenvalue weighted by Crippen LogP contribution is -2.51. The Kier molecular flexibility index (Phi) is 6.06. The summed E-state index contributed by atoms with van der Waals surface area (Å²) >= 11 is 0. The van der Waals surface area contributed by atoms with Crippen LogP contribution in [0, 0.1) is 0 Å². The summed E-state index contributed by atoms with van der Waals surface area (Å²) in [5.41, 5.74) is -0.754. The van der Waals surface area contributed by atoms with Crippen molar-refractivity contribution in [3.63, 3.8) is 0 Å². The second kappa shape index (κ2) is 7.85. The Morgan fingerprint density at radius 1 is 1.21 bits per heavy atom. The molecular formula is C16H21F3N2O3. The molecule has 0 saturated carbocycles. The zero-order valence-electron chi connectivity index (χ0n) is 13.4. The number of ether oxygens (including phenoxy) is 1. The number of halogens is 3. The minimum atomic E-state index is -4.39. The lowest BCUT2D eigenvalue weighted by atomic mass is 10.2. The molecule has 1 aliphatic rings. The Labute approximate surface area is 138 Å². The zero-order valence-corrected chi connectivity index (χ0v) is 13.4. The van der Waals surface area contributed by atoms with Gasteiger partial charge in [-0.15, -0.1) is 0 Å². The van der Waals surface area contributed by atoms with Crippen LogP contribution in [0.15, 0.2) is 24.3 Å². The van der Waals surface area contributed by atoms with E-state index in [1.807, 2.05) is 0 Å². The molecule has 1 saturated heterocycles. The number of rotatable bonds is 5. The molecule has 0 unspecified atom stereocenters. The highest BCUT2D eigenvalue weighted by atomic mass is 19.4. The van der Waals surface area contributed by atoms with Gasteiger partial charge in [0.1, 0.15) is 5.75 Å². The van der Waals surface area contributed by atoms with Gasteiger partial charge in [0.25, 0.3) is 5.91 Å². The molecule has 134 valence electrons. The second-order valence-electron chi connectivity index (χ2n) is 5.84. The van der Waals surface area contributed by atoms with Gasteiger partial charge in [0.2, 0.25) is 0 Å². The van der Waals surface area contributed by atoms with Gasteiger partial charge in [-0.05, 0) is 31.2 Å². The van der Waals surface area contributed by atoms with Crippen molar-refractivity contribution in [3.8, 4) is 5.75 Å². The molecule has 0 aromatic heterocycles. The topological polar surface area (TPSA) is 53.0 Å². The fourth-order valence-electron chi connectivity index (χ4n) is 2.53. The lowest BCUT2D eigenvalue weighted by Gasteiger charge is -2.35. The smallest absolute Gasteiger partial charge is 0.416 e. The molecule has 1 aromatic rings. The van der Waals surface area contributed by atoms with Gasteiger partial charge in [-0.25, -0.2) is 0 Å². The van der Waals surface area contributed by atoms with Crippen molar-refractivity contribution in [2.24, 2.45) is 0 Å².